The smallest absolute Gasteiger partial charge is 0.245 e. The lowest BCUT2D eigenvalue weighted by Gasteiger charge is -2.37. The molecule has 0 unspecified atom stereocenters. The van der Waals surface area contributed by atoms with Crippen LogP contribution >= 0.6 is 0 Å². The van der Waals surface area contributed by atoms with Crippen molar-refractivity contribution >= 4 is 21.6 Å². The quantitative estimate of drug-likeness (QED) is 0.600. The molecule has 0 bridgehead atoms. The van der Waals surface area contributed by atoms with Crippen molar-refractivity contribution in [2.75, 3.05) is 12.8 Å². The average molecular weight is 468 g/mol. The van der Waals surface area contributed by atoms with Crippen molar-refractivity contribution < 1.29 is 13.2 Å². The van der Waals surface area contributed by atoms with Gasteiger partial charge in [-0.05, 0) is 50.7 Å². The minimum Gasteiger partial charge on any atom is -0.332 e. The highest BCUT2D eigenvalue weighted by Crippen LogP contribution is 2.40. The lowest BCUT2D eigenvalue weighted by molar-refractivity contribution is -0.137. The van der Waals surface area contributed by atoms with Crippen LogP contribution in [0.2, 0.25) is 0 Å². The average Bonchev–Trinajstić information content (AvgIpc) is 3.56. The van der Waals surface area contributed by atoms with Crippen LogP contribution in [0.3, 0.4) is 0 Å². The maximum absolute atomic E-state index is 13.7. The van der Waals surface area contributed by atoms with Crippen molar-refractivity contribution in [1.82, 2.24) is 24.2 Å². The molecule has 3 heterocycles. The summed E-state index contributed by atoms with van der Waals surface area (Å²) in [4.78, 5) is 20.4. The second-order valence-electron chi connectivity index (χ2n) is 9.21. The maximum atomic E-state index is 13.7. The molecule has 0 radical (unpaired) electrons. The lowest BCUT2D eigenvalue weighted by Crippen LogP contribution is -2.46. The number of aryl methyl sites for hydroxylation is 1. The first-order chi connectivity index (χ1) is 15.8. The molecule has 174 valence electrons. The van der Waals surface area contributed by atoms with Crippen LogP contribution in [0, 0.1) is 6.92 Å². The van der Waals surface area contributed by atoms with Gasteiger partial charge in [-0.3, -0.25) is 4.79 Å². The number of rotatable bonds is 6. The predicted octanol–water partition coefficient (Wildman–Crippen LogP) is 3.26. The summed E-state index contributed by atoms with van der Waals surface area (Å²) in [6, 6.07) is 11.9. The second kappa shape index (κ2) is 8.53. The third kappa shape index (κ3) is 4.65. The van der Waals surface area contributed by atoms with Crippen LogP contribution in [-0.4, -0.2) is 46.6 Å². The van der Waals surface area contributed by atoms with Gasteiger partial charge in [-0.2, -0.15) is 9.82 Å². The molecule has 3 aromatic rings. The van der Waals surface area contributed by atoms with E-state index in [9.17, 15) is 13.2 Å². The number of piperidine rings is 1. The molecule has 2 atom stereocenters. The third-order valence-electron chi connectivity index (χ3n) is 6.48. The number of fused-ring (bicyclic) bond motifs is 1. The Morgan fingerprint density at radius 2 is 1.85 bits per heavy atom. The largest absolute Gasteiger partial charge is 0.332 e. The van der Waals surface area contributed by atoms with Crippen LogP contribution in [0.5, 0.6) is 0 Å². The molecule has 8 nitrogen and oxygen atoms in total. The number of aromatic nitrogens is 3. The van der Waals surface area contributed by atoms with Crippen LogP contribution in [0.4, 0.5) is 0 Å². The summed E-state index contributed by atoms with van der Waals surface area (Å²) in [5, 5.41) is 4.82. The molecule has 1 N–H and O–H groups in total. The molecule has 0 spiro atoms. The van der Waals surface area contributed by atoms with Crippen molar-refractivity contribution in [2.45, 2.75) is 57.0 Å². The molecule has 1 saturated carbocycles. The molecule has 33 heavy (non-hydrogen) atoms. The fourth-order valence-corrected chi connectivity index (χ4v) is 5.37. The fourth-order valence-electron chi connectivity index (χ4n) is 4.71. The van der Waals surface area contributed by atoms with Gasteiger partial charge in [0, 0.05) is 29.9 Å². The number of nitrogens with zero attached hydrogens (tertiary/aromatic N) is 4. The Kier molecular flexibility index (Phi) is 5.70. The van der Waals surface area contributed by atoms with Gasteiger partial charge in [-0.15, -0.1) is 0 Å². The molecule has 1 aliphatic heterocycles. The number of hydrogen-bond acceptors (Lipinski definition) is 5. The maximum Gasteiger partial charge on any atom is 0.245 e. The first-order valence-electron chi connectivity index (χ1n) is 11.5. The van der Waals surface area contributed by atoms with Gasteiger partial charge in [-0.1, -0.05) is 30.3 Å². The van der Waals surface area contributed by atoms with E-state index in [0.29, 0.717) is 18.0 Å². The van der Waals surface area contributed by atoms with Crippen molar-refractivity contribution in [3.8, 4) is 0 Å². The molecule has 2 aliphatic rings. The van der Waals surface area contributed by atoms with Crippen LogP contribution in [0.25, 0.3) is 5.65 Å². The van der Waals surface area contributed by atoms with Gasteiger partial charge in [0.05, 0.1) is 18.0 Å². The first kappa shape index (κ1) is 22.0. The highest BCUT2D eigenvalue weighted by molar-refractivity contribution is 7.88. The number of sulfonamides is 1. The summed E-state index contributed by atoms with van der Waals surface area (Å²) in [6.07, 6.45) is 6.09. The van der Waals surface area contributed by atoms with E-state index >= 15 is 0 Å². The standard InChI is InChI=1S/C24H29N5O3S/c1-16-14-19(17-11-12-17)25-22-15-20(26-29(16)22)21-10-6-7-13-28(21)24(30)23(27-33(2,31)32)18-8-4-3-5-9-18/h3-5,8-9,14-15,17,21,23,27H,6-7,10-13H2,1-2H3/t21-,23-/m0/s1. The Morgan fingerprint density at radius 1 is 1.09 bits per heavy atom. The second-order valence-corrected chi connectivity index (χ2v) is 11.0. The normalized spacial score (nSPS) is 20.2. The van der Waals surface area contributed by atoms with Gasteiger partial charge in [0.25, 0.3) is 0 Å². The third-order valence-corrected chi connectivity index (χ3v) is 7.14. The molecule has 1 aliphatic carbocycles. The van der Waals surface area contributed by atoms with Crippen molar-refractivity contribution in [1.29, 1.82) is 0 Å². The molecule has 1 saturated heterocycles. The zero-order chi connectivity index (χ0) is 23.2. The van der Waals surface area contributed by atoms with Crippen molar-refractivity contribution in [2.24, 2.45) is 0 Å². The van der Waals surface area contributed by atoms with E-state index in [4.69, 9.17) is 10.1 Å². The summed E-state index contributed by atoms with van der Waals surface area (Å²) < 4.78 is 28.6. The lowest BCUT2D eigenvalue weighted by atomic mass is 9.97. The Bertz CT molecular complexity index is 1280. The van der Waals surface area contributed by atoms with Crippen LogP contribution in [-0.2, 0) is 14.8 Å². The molecular formula is C24H29N5O3S. The molecule has 9 heteroatoms. The summed E-state index contributed by atoms with van der Waals surface area (Å²) in [5.74, 6) is 0.297. The van der Waals surface area contributed by atoms with Gasteiger partial charge < -0.3 is 4.90 Å². The van der Waals surface area contributed by atoms with E-state index in [1.54, 1.807) is 29.2 Å². The number of carbonyl (C=O) groups is 1. The highest BCUT2D eigenvalue weighted by Gasteiger charge is 2.36. The Hall–Kier alpha value is -2.78. The molecule has 2 aromatic heterocycles. The fraction of sp³-hybridized carbons (Fsp3) is 0.458. The zero-order valence-electron chi connectivity index (χ0n) is 18.9. The summed E-state index contributed by atoms with van der Waals surface area (Å²) >= 11 is 0. The van der Waals surface area contributed by atoms with E-state index < -0.39 is 16.1 Å². The van der Waals surface area contributed by atoms with E-state index in [2.05, 4.69) is 10.8 Å². The molecule has 1 aromatic carbocycles. The van der Waals surface area contributed by atoms with E-state index in [1.807, 2.05) is 23.6 Å². The highest BCUT2D eigenvalue weighted by atomic mass is 32.2. The van der Waals surface area contributed by atoms with E-state index in [-0.39, 0.29) is 11.9 Å². The van der Waals surface area contributed by atoms with Crippen LogP contribution in [0.15, 0.2) is 42.5 Å². The number of nitrogens with one attached hydrogen (secondary N) is 1. The monoisotopic (exact) mass is 467 g/mol. The number of amides is 1. The number of carbonyl (C=O) groups excluding carboxylic acids is 1. The minimum atomic E-state index is -3.60. The van der Waals surface area contributed by atoms with Crippen LogP contribution < -0.4 is 4.72 Å². The van der Waals surface area contributed by atoms with Gasteiger partial charge in [-0.25, -0.2) is 17.9 Å². The van der Waals surface area contributed by atoms with Gasteiger partial charge in [0.2, 0.25) is 15.9 Å². The van der Waals surface area contributed by atoms with Crippen LogP contribution in [0.1, 0.15) is 72.8 Å². The Morgan fingerprint density at radius 3 is 2.55 bits per heavy atom. The number of likely N-dealkylation sites (tertiary alicyclic amines) is 1. The number of hydrogen-bond donors (Lipinski definition) is 1. The molecule has 5 rings (SSSR count). The molecule has 2 fully saturated rings. The summed E-state index contributed by atoms with van der Waals surface area (Å²) in [6.45, 7) is 2.59. The van der Waals surface area contributed by atoms with Crippen molar-refractivity contribution in [3.05, 3.63) is 65.1 Å². The predicted molar refractivity (Wildman–Crippen MR) is 125 cm³/mol. The van der Waals surface area contributed by atoms with Crippen molar-refractivity contribution in [3.63, 3.8) is 0 Å². The van der Waals surface area contributed by atoms with E-state index in [1.165, 1.54) is 12.8 Å². The Labute approximate surface area is 194 Å². The first-order valence-corrected chi connectivity index (χ1v) is 13.4. The van der Waals surface area contributed by atoms with Gasteiger partial charge in [0.15, 0.2) is 5.65 Å². The van der Waals surface area contributed by atoms with Gasteiger partial charge >= 0.3 is 0 Å². The topological polar surface area (TPSA) is 96.7 Å². The minimum absolute atomic E-state index is 0.218. The molecule has 1 amide bonds. The SMILES string of the molecule is Cc1cc(C2CC2)nc2cc([C@@H]3CCCCN3C(=O)[C@@H](NS(C)(=O)=O)c3ccccc3)nn12. The van der Waals surface area contributed by atoms with Gasteiger partial charge in [0.1, 0.15) is 6.04 Å². The summed E-state index contributed by atoms with van der Waals surface area (Å²) in [7, 11) is -3.60. The molecular weight excluding hydrogens is 438 g/mol. The number of benzene rings is 1. The summed E-state index contributed by atoms with van der Waals surface area (Å²) in [5.41, 5.74) is 4.38. The van der Waals surface area contributed by atoms with E-state index in [0.717, 1.165) is 48.2 Å². The zero-order valence-corrected chi connectivity index (χ0v) is 19.8. The Balaban J connectivity index is 1.50.